The zero-order chi connectivity index (χ0) is 13.3. The van der Waals surface area contributed by atoms with Crippen LogP contribution in [0.15, 0.2) is 12.4 Å². The minimum atomic E-state index is 0.694. The van der Waals surface area contributed by atoms with Crippen molar-refractivity contribution in [1.29, 1.82) is 0 Å². The van der Waals surface area contributed by atoms with Gasteiger partial charge in [0.25, 0.3) is 0 Å². The number of aryl methyl sites for hydroxylation is 1. The third kappa shape index (κ3) is 5.66. The van der Waals surface area contributed by atoms with Crippen molar-refractivity contribution in [2.24, 2.45) is 0 Å². The zero-order valence-electron chi connectivity index (χ0n) is 12.4. The van der Waals surface area contributed by atoms with Crippen molar-refractivity contribution in [1.82, 2.24) is 9.55 Å². The molecule has 1 N–H and O–H groups in total. The van der Waals surface area contributed by atoms with Crippen LogP contribution in [-0.4, -0.2) is 15.6 Å². The Balaban J connectivity index is 1.51. The van der Waals surface area contributed by atoms with Crippen molar-refractivity contribution < 1.29 is 0 Å². The molecule has 1 fully saturated rings. The van der Waals surface area contributed by atoms with Crippen LogP contribution in [0.1, 0.15) is 71.1 Å². The molecule has 1 aliphatic carbocycles. The van der Waals surface area contributed by atoms with Crippen molar-refractivity contribution in [2.75, 3.05) is 5.32 Å². The van der Waals surface area contributed by atoms with Crippen LogP contribution in [-0.2, 0) is 6.54 Å². The standard InChI is InChI=1S/C16H29N3/c1-2-3-4-5-6-7-8-9-13-19-14-12-17-16(19)18-15-10-11-15/h12,14-15H,2-11,13H2,1H3,(H,17,18). The van der Waals surface area contributed by atoms with Gasteiger partial charge in [-0.3, -0.25) is 0 Å². The number of rotatable bonds is 11. The van der Waals surface area contributed by atoms with Crippen molar-refractivity contribution in [3.05, 3.63) is 12.4 Å². The van der Waals surface area contributed by atoms with E-state index in [1.807, 2.05) is 6.20 Å². The number of aromatic nitrogens is 2. The fourth-order valence-corrected chi connectivity index (χ4v) is 2.46. The predicted molar refractivity (Wildman–Crippen MR) is 81.5 cm³/mol. The molecule has 3 nitrogen and oxygen atoms in total. The summed E-state index contributed by atoms with van der Waals surface area (Å²) in [7, 11) is 0. The average molecular weight is 263 g/mol. The van der Waals surface area contributed by atoms with Crippen LogP contribution in [0.25, 0.3) is 0 Å². The van der Waals surface area contributed by atoms with Gasteiger partial charge in [0.15, 0.2) is 0 Å². The van der Waals surface area contributed by atoms with Crippen LogP contribution in [0.5, 0.6) is 0 Å². The number of imidazole rings is 1. The molecule has 1 aliphatic rings. The summed E-state index contributed by atoms with van der Waals surface area (Å²) < 4.78 is 2.27. The lowest BCUT2D eigenvalue weighted by Crippen LogP contribution is -2.09. The van der Waals surface area contributed by atoms with Crippen LogP contribution in [0.4, 0.5) is 5.95 Å². The Morgan fingerprint density at radius 3 is 2.47 bits per heavy atom. The molecule has 1 heterocycles. The Labute approximate surface area is 117 Å². The highest BCUT2D eigenvalue weighted by atomic mass is 15.2. The molecule has 0 saturated heterocycles. The maximum absolute atomic E-state index is 4.40. The summed E-state index contributed by atoms with van der Waals surface area (Å²) in [5.41, 5.74) is 0. The highest BCUT2D eigenvalue weighted by molar-refractivity contribution is 5.29. The number of nitrogens with one attached hydrogen (secondary N) is 1. The van der Waals surface area contributed by atoms with Gasteiger partial charge < -0.3 is 9.88 Å². The summed E-state index contributed by atoms with van der Waals surface area (Å²) >= 11 is 0. The predicted octanol–water partition coefficient (Wildman–Crippen LogP) is 4.60. The second-order valence-electron chi connectivity index (χ2n) is 5.84. The molecule has 0 aliphatic heterocycles. The molecule has 0 bridgehead atoms. The Morgan fingerprint density at radius 1 is 1.11 bits per heavy atom. The van der Waals surface area contributed by atoms with E-state index in [9.17, 15) is 0 Å². The lowest BCUT2D eigenvalue weighted by atomic mass is 10.1. The van der Waals surface area contributed by atoms with E-state index in [-0.39, 0.29) is 0 Å². The van der Waals surface area contributed by atoms with Gasteiger partial charge in [0, 0.05) is 25.0 Å². The normalized spacial score (nSPS) is 14.8. The molecular formula is C16H29N3. The lowest BCUT2D eigenvalue weighted by Gasteiger charge is -2.08. The minimum absolute atomic E-state index is 0.694. The topological polar surface area (TPSA) is 29.9 Å². The molecule has 1 saturated carbocycles. The molecule has 0 spiro atoms. The first-order chi connectivity index (χ1) is 9.40. The Bertz CT molecular complexity index is 342. The van der Waals surface area contributed by atoms with Gasteiger partial charge in [-0.05, 0) is 19.3 Å². The summed E-state index contributed by atoms with van der Waals surface area (Å²) in [5, 5.41) is 3.49. The smallest absolute Gasteiger partial charge is 0.202 e. The molecule has 0 atom stereocenters. The molecule has 1 aromatic rings. The summed E-state index contributed by atoms with van der Waals surface area (Å²) in [6, 6.07) is 0.694. The molecule has 108 valence electrons. The fraction of sp³-hybridized carbons (Fsp3) is 0.812. The van der Waals surface area contributed by atoms with E-state index in [4.69, 9.17) is 0 Å². The molecule has 0 amide bonds. The van der Waals surface area contributed by atoms with E-state index in [0.717, 1.165) is 12.5 Å². The van der Waals surface area contributed by atoms with E-state index in [1.165, 1.54) is 64.2 Å². The van der Waals surface area contributed by atoms with E-state index in [2.05, 4.69) is 28.0 Å². The SMILES string of the molecule is CCCCCCCCCCn1ccnc1NC1CC1. The third-order valence-corrected chi connectivity index (χ3v) is 3.88. The van der Waals surface area contributed by atoms with Gasteiger partial charge >= 0.3 is 0 Å². The zero-order valence-corrected chi connectivity index (χ0v) is 12.4. The quantitative estimate of drug-likeness (QED) is 0.591. The number of hydrogen-bond donors (Lipinski definition) is 1. The number of nitrogens with zero attached hydrogens (tertiary/aromatic N) is 2. The van der Waals surface area contributed by atoms with Gasteiger partial charge in [-0.15, -0.1) is 0 Å². The monoisotopic (exact) mass is 263 g/mol. The van der Waals surface area contributed by atoms with Crippen LogP contribution in [0.3, 0.4) is 0 Å². The van der Waals surface area contributed by atoms with Crippen molar-refractivity contribution in [3.8, 4) is 0 Å². The van der Waals surface area contributed by atoms with Gasteiger partial charge in [0.1, 0.15) is 0 Å². The van der Waals surface area contributed by atoms with Crippen LogP contribution in [0.2, 0.25) is 0 Å². The molecule has 2 rings (SSSR count). The van der Waals surface area contributed by atoms with Crippen LogP contribution >= 0.6 is 0 Å². The first kappa shape index (κ1) is 14.4. The molecule has 1 aromatic heterocycles. The molecule has 0 aromatic carbocycles. The maximum Gasteiger partial charge on any atom is 0.202 e. The van der Waals surface area contributed by atoms with Gasteiger partial charge in [-0.1, -0.05) is 51.9 Å². The van der Waals surface area contributed by atoms with Gasteiger partial charge in [0.2, 0.25) is 5.95 Å². The summed E-state index contributed by atoms with van der Waals surface area (Å²) in [6.45, 7) is 3.39. The maximum atomic E-state index is 4.40. The molecule has 3 heteroatoms. The Kier molecular flexibility index (Phi) is 6.25. The van der Waals surface area contributed by atoms with Gasteiger partial charge in [-0.2, -0.15) is 0 Å². The number of anilines is 1. The molecular weight excluding hydrogens is 234 g/mol. The fourth-order valence-electron chi connectivity index (χ4n) is 2.46. The number of unbranched alkanes of at least 4 members (excludes halogenated alkanes) is 7. The Hall–Kier alpha value is -0.990. The minimum Gasteiger partial charge on any atom is -0.353 e. The molecule has 0 unspecified atom stereocenters. The highest BCUT2D eigenvalue weighted by Crippen LogP contribution is 2.23. The van der Waals surface area contributed by atoms with E-state index >= 15 is 0 Å². The number of hydrogen-bond acceptors (Lipinski definition) is 2. The molecule has 19 heavy (non-hydrogen) atoms. The van der Waals surface area contributed by atoms with Gasteiger partial charge in [0.05, 0.1) is 0 Å². The summed E-state index contributed by atoms with van der Waals surface area (Å²) in [6.07, 6.45) is 17.7. The highest BCUT2D eigenvalue weighted by Gasteiger charge is 2.22. The van der Waals surface area contributed by atoms with Crippen LogP contribution < -0.4 is 5.32 Å². The largest absolute Gasteiger partial charge is 0.353 e. The second kappa shape index (κ2) is 8.23. The first-order valence-corrected chi connectivity index (χ1v) is 8.18. The second-order valence-corrected chi connectivity index (χ2v) is 5.84. The molecule has 0 radical (unpaired) electrons. The van der Waals surface area contributed by atoms with Crippen molar-refractivity contribution >= 4 is 5.95 Å². The third-order valence-electron chi connectivity index (χ3n) is 3.88. The Morgan fingerprint density at radius 2 is 1.79 bits per heavy atom. The van der Waals surface area contributed by atoms with E-state index < -0.39 is 0 Å². The van der Waals surface area contributed by atoms with Crippen molar-refractivity contribution in [2.45, 2.75) is 83.7 Å². The van der Waals surface area contributed by atoms with Gasteiger partial charge in [-0.25, -0.2) is 4.98 Å². The summed E-state index contributed by atoms with van der Waals surface area (Å²) in [4.78, 5) is 4.40. The van der Waals surface area contributed by atoms with E-state index in [0.29, 0.717) is 6.04 Å². The van der Waals surface area contributed by atoms with Crippen molar-refractivity contribution in [3.63, 3.8) is 0 Å². The van der Waals surface area contributed by atoms with E-state index in [1.54, 1.807) is 0 Å². The average Bonchev–Trinajstić information content (AvgIpc) is 3.12. The van der Waals surface area contributed by atoms with Crippen LogP contribution in [0, 0.1) is 0 Å². The summed E-state index contributed by atoms with van der Waals surface area (Å²) in [5.74, 6) is 1.07. The first-order valence-electron chi connectivity index (χ1n) is 8.18. The lowest BCUT2D eigenvalue weighted by molar-refractivity contribution is 0.545.